The van der Waals surface area contributed by atoms with Crippen LogP contribution < -0.4 is 4.90 Å². The molecule has 2 heterocycles. The minimum Gasteiger partial charge on any atom is -0.372 e. The lowest BCUT2D eigenvalue weighted by Crippen LogP contribution is -2.29. The van der Waals surface area contributed by atoms with Crippen molar-refractivity contribution in [2.24, 2.45) is 0 Å². The summed E-state index contributed by atoms with van der Waals surface area (Å²) in [6, 6.07) is 8.67. The Kier molecular flexibility index (Phi) is 3.22. The zero-order valence-electron chi connectivity index (χ0n) is 10.4. The molecule has 3 heteroatoms. The summed E-state index contributed by atoms with van der Waals surface area (Å²) in [6.45, 7) is 2.35. The highest BCUT2D eigenvalue weighted by Gasteiger charge is 2.11. The van der Waals surface area contributed by atoms with Gasteiger partial charge in [0.15, 0.2) is 0 Å². The summed E-state index contributed by atoms with van der Waals surface area (Å²) in [4.78, 5) is 10.6. The minimum atomic E-state index is 1.08. The summed E-state index contributed by atoms with van der Waals surface area (Å²) < 4.78 is 0. The topological polar surface area (TPSA) is 29.0 Å². The van der Waals surface area contributed by atoms with Crippen LogP contribution in [-0.2, 0) is 0 Å². The van der Waals surface area contributed by atoms with Crippen LogP contribution in [0.15, 0.2) is 43.0 Å². The van der Waals surface area contributed by atoms with Crippen molar-refractivity contribution in [1.82, 2.24) is 9.97 Å². The first-order valence-corrected chi connectivity index (χ1v) is 6.54. The Balaban J connectivity index is 1.89. The Bertz CT molecular complexity index is 504. The Morgan fingerprint density at radius 1 is 0.889 bits per heavy atom. The molecule has 18 heavy (non-hydrogen) atoms. The fourth-order valence-electron chi connectivity index (χ4n) is 2.48. The van der Waals surface area contributed by atoms with Crippen molar-refractivity contribution in [3.8, 4) is 11.1 Å². The standard InChI is InChI=1S/C15H17N3/c1-2-7-18(8-3-1)15-6-4-5-13(9-15)14-10-16-12-17-11-14/h4-6,9-12H,1-3,7-8H2. The molecule has 0 unspecified atom stereocenters. The predicted octanol–water partition coefficient (Wildman–Crippen LogP) is 3.13. The number of nitrogens with zero attached hydrogens (tertiary/aromatic N) is 3. The van der Waals surface area contributed by atoms with Gasteiger partial charge in [-0.25, -0.2) is 9.97 Å². The lowest BCUT2D eigenvalue weighted by Gasteiger charge is -2.29. The van der Waals surface area contributed by atoms with E-state index in [1.807, 2.05) is 12.4 Å². The maximum atomic E-state index is 4.08. The van der Waals surface area contributed by atoms with Crippen LogP contribution in [0.2, 0.25) is 0 Å². The van der Waals surface area contributed by atoms with Crippen molar-refractivity contribution in [3.05, 3.63) is 43.0 Å². The fraction of sp³-hybridized carbons (Fsp3) is 0.333. The first-order valence-electron chi connectivity index (χ1n) is 6.54. The number of hydrogen-bond donors (Lipinski definition) is 0. The van der Waals surface area contributed by atoms with Crippen molar-refractivity contribution in [3.63, 3.8) is 0 Å². The lowest BCUT2D eigenvalue weighted by atomic mass is 10.1. The maximum Gasteiger partial charge on any atom is 0.115 e. The number of piperidine rings is 1. The Morgan fingerprint density at radius 2 is 1.67 bits per heavy atom. The van der Waals surface area contributed by atoms with E-state index in [1.54, 1.807) is 6.33 Å². The van der Waals surface area contributed by atoms with E-state index < -0.39 is 0 Å². The molecule has 1 aliphatic heterocycles. The van der Waals surface area contributed by atoms with Gasteiger partial charge in [0.05, 0.1) is 0 Å². The van der Waals surface area contributed by atoms with Gasteiger partial charge in [-0.15, -0.1) is 0 Å². The average Bonchev–Trinajstić information content (AvgIpc) is 2.49. The van der Waals surface area contributed by atoms with Crippen LogP contribution in [0.1, 0.15) is 19.3 Å². The second-order valence-corrected chi connectivity index (χ2v) is 4.73. The Hall–Kier alpha value is -1.90. The van der Waals surface area contributed by atoms with Gasteiger partial charge in [-0.1, -0.05) is 12.1 Å². The Morgan fingerprint density at radius 3 is 2.44 bits per heavy atom. The van der Waals surface area contributed by atoms with Crippen molar-refractivity contribution in [1.29, 1.82) is 0 Å². The van der Waals surface area contributed by atoms with Crippen LogP contribution in [-0.4, -0.2) is 23.1 Å². The third-order valence-corrected chi connectivity index (χ3v) is 3.46. The molecule has 3 rings (SSSR count). The fourth-order valence-corrected chi connectivity index (χ4v) is 2.48. The van der Waals surface area contributed by atoms with Crippen molar-refractivity contribution >= 4 is 5.69 Å². The van der Waals surface area contributed by atoms with Crippen LogP contribution in [0, 0.1) is 0 Å². The molecule has 1 fully saturated rings. The molecule has 0 radical (unpaired) electrons. The molecule has 1 aromatic carbocycles. The third-order valence-electron chi connectivity index (χ3n) is 3.46. The highest BCUT2D eigenvalue weighted by Crippen LogP contribution is 2.25. The average molecular weight is 239 g/mol. The number of anilines is 1. The number of benzene rings is 1. The van der Waals surface area contributed by atoms with Gasteiger partial charge in [0.2, 0.25) is 0 Å². The second kappa shape index (κ2) is 5.17. The van der Waals surface area contributed by atoms with Gasteiger partial charge in [0.1, 0.15) is 6.33 Å². The van der Waals surface area contributed by atoms with E-state index in [4.69, 9.17) is 0 Å². The van der Waals surface area contributed by atoms with Crippen LogP contribution >= 0.6 is 0 Å². The number of rotatable bonds is 2. The van der Waals surface area contributed by atoms with Crippen molar-refractivity contribution < 1.29 is 0 Å². The summed E-state index contributed by atoms with van der Waals surface area (Å²) in [5.74, 6) is 0. The summed E-state index contributed by atoms with van der Waals surface area (Å²) in [7, 11) is 0. The van der Waals surface area contributed by atoms with E-state index in [2.05, 4.69) is 39.1 Å². The predicted molar refractivity (Wildman–Crippen MR) is 73.5 cm³/mol. The SMILES string of the molecule is c1cc(-c2cncnc2)cc(N2CCCCC2)c1. The Labute approximate surface area is 108 Å². The maximum absolute atomic E-state index is 4.08. The zero-order valence-corrected chi connectivity index (χ0v) is 10.4. The quantitative estimate of drug-likeness (QED) is 0.806. The summed E-state index contributed by atoms with van der Waals surface area (Å²) in [5.41, 5.74) is 3.59. The number of hydrogen-bond acceptors (Lipinski definition) is 3. The summed E-state index contributed by atoms with van der Waals surface area (Å²) >= 11 is 0. The van der Waals surface area contributed by atoms with Gasteiger partial charge in [0, 0.05) is 36.7 Å². The van der Waals surface area contributed by atoms with Crippen LogP contribution in [0.25, 0.3) is 11.1 Å². The van der Waals surface area contributed by atoms with E-state index >= 15 is 0 Å². The van der Waals surface area contributed by atoms with E-state index in [0.29, 0.717) is 0 Å². The first-order chi connectivity index (χ1) is 8.93. The molecule has 2 aromatic rings. The molecule has 0 spiro atoms. The first kappa shape index (κ1) is 11.2. The van der Waals surface area contributed by atoms with Gasteiger partial charge in [-0.2, -0.15) is 0 Å². The van der Waals surface area contributed by atoms with Gasteiger partial charge in [-0.3, -0.25) is 0 Å². The molecule has 0 N–H and O–H groups in total. The molecular formula is C15H17N3. The summed E-state index contributed by atoms with van der Waals surface area (Å²) in [6.07, 6.45) is 9.27. The van der Waals surface area contributed by atoms with Crippen LogP contribution in [0.3, 0.4) is 0 Å². The lowest BCUT2D eigenvalue weighted by molar-refractivity contribution is 0.578. The molecule has 0 atom stereocenters. The number of aromatic nitrogens is 2. The van der Waals surface area contributed by atoms with Gasteiger partial charge >= 0.3 is 0 Å². The highest BCUT2D eigenvalue weighted by molar-refractivity contribution is 5.67. The van der Waals surface area contributed by atoms with E-state index in [9.17, 15) is 0 Å². The summed E-state index contributed by atoms with van der Waals surface area (Å²) in [5, 5.41) is 0. The van der Waals surface area contributed by atoms with Crippen LogP contribution in [0.4, 0.5) is 5.69 Å². The molecule has 0 amide bonds. The largest absolute Gasteiger partial charge is 0.372 e. The smallest absolute Gasteiger partial charge is 0.115 e. The highest BCUT2D eigenvalue weighted by atomic mass is 15.1. The zero-order chi connectivity index (χ0) is 12.2. The monoisotopic (exact) mass is 239 g/mol. The normalized spacial score (nSPS) is 15.7. The van der Waals surface area contributed by atoms with Crippen molar-refractivity contribution in [2.75, 3.05) is 18.0 Å². The van der Waals surface area contributed by atoms with E-state index in [1.165, 1.54) is 43.6 Å². The minimum absolute atomic E-state index is 1.08. The molecule has 0 saturated carbocycles. The van der Waals surface area contributed by atoms with Crippen molar-refractivity contribution in [2.45, 2.75) is 19.3 Å². The molecule has 1 aliphatic rings. The molecule has 0 aliphatic carbocycles. The van der Waals surface area contributed by atoms with E-state index in [-0.39, 0.29) is 0 Å². The van der Waals surface area contributed by atoms with Gasteiger partial charge in [-0.05, 0) is 37.0 Å². The van der Waals surface area contributed by atoms with Gasteiger partial charge in [0.25, 0.3) is 0 Å². The third kappa shape index (κ3) is 2.35. The molecular weight excluding hydrogens is 222 g/mol. The second-order valence-electron chi connectivity index (χ2n) is 4.73. The molecule has 3 nitrogen and oxygen atoms in total. The molecule has 0 bridgehead atoms. The molecule has 1 saturated heterocycles. The molecule has 92 valence electrons. The van der Waals surface area contributed by atoms with E-state index in [0.717, 1.165) is 5.56 Å². The van der Waals surface area contributed by atoms with Crippen LogP contribution in [0.5, 0.6) is 0 Å². The molecule has 1 aromatic heterocycles. The van der Waals surface area contributed by atoms with Gasteiger partial charge < -0.3 is 4.90 Å².